The second-order valence-corrected chi connectivity index (χ2v) is 3.74. The fraction of sp³-hybridized carbons (Fsp3) is 0.750. The molecule has 0 saturated heterocycles. The van der Waals surface area contributed by atoms with Crippen LogP contribution >= 0.6 is 0 Å². The zero-order valence-corrected chi connectivity index (χ0v) is 9.37. The molecule has 1 radical (unpaired) electrons. The van der Waals surface area contributed by atoms with Crippen molar-refractivity contribution >= 4 is 0 Å². The lowest BCUT2D eigenvalue weighted by atomic mass is 9.86. The van der Waals surface area contributed by atoms with Crippen molar-refractivity contribution < 1.29 is 10.2 Å². The minimum Gasteiger partial charge on any atom is -0.390 e. The smallest absolute Gasteiger partial charge is 0.0939 e. The molecule has 2 heteroatoms. The molecule has 0 amide bonds. The van der Waals surface area contributed by atoms with E-state index in [4.69, 9.17) is 0 Å². The molecule has 2 N–H and O–H groups in total. The van der Waals surface area contributed by atoms with Gasteiger partial charge in [-0.15, -0.1) is 0 Å². The summed E-state index contributed by atoms with van der Waals surface area (Å²) in [5, 5.41) is 19.9. The zero-order chi connectivity index (χ0) is 11.0. The van der Waals surface area contributed by atoms with Crippen LogP contribution in [0.3, 0.4) is 0 Å². The van der Waals surface area contributed by atoms with Crippen LogP contribution in [-0.4, -0.2) is 21.9 Å². The molecule has 0 rings (SSSR count). The van der Waals surface area contributed by atoms with Crippen molar-refractivity contribution in [3.63, 3.8) is 0 Å². The first-order valence-corrected chi connectivity index (χ1v) is 5.45. The van der Waals surface area contributed by atoms with Gasteiger partial charge in [0.1, 0.15) is 0 Å². The van der Waals surface area contributed by atoms with E-state index in [1.54, 1.807) is 0 Å². The minimum absolute atomic E-state index is 0.519. The second kappa shape index (κ2) is 7.02. The van der Waals surface area contributed by atoms with Crippen LogP contribution in [0.1, 0.15) is 46.0 Å². The van der Waals surface area contributed by atoms with Gasteiger partial charge in [-0.05, 0) is 32.6 Å². The predicted molar refractivity (Wildman–Crippen MR) is 59.9 cm³/mol. The fourth-order valence-corrected chi connectivity index (χ4v) is 1.62. The van der Waals surface area contributed by atoms with E-state index in [0.29, 0.717) is 19.3 Å². The molecule has 2 atom stereocenters. The average molecular weight is 199 g/mol. The second-order valence-electron chi connectivity index (χ2n) is 3.74. The van der Waals surface area contributed by atoms with Crippen LogP contribution in [0.5, 0.6) is 0 Å². The molecule has 0 aliphatic carbocycles. The molecule has 0 spiro atoms. The Kier molecular flexibility index (Phi) is 6.85. The summed E-state index contributed by atoms with van der Waals surface area (Å²) in [4.78, 5) is 0. The van der Waals surface area contributed by atoms with Gasteiger partial charge in [0.05, 0.1) is 11.7 Å². The molecule has 0 fully saturated rings. The Balaban J connectivity index is 4.30. The molecule has 0 heterocycles. The average Bonchev–Trinajstić information content (AvgIpc) is 2.17. The van der Waals surface area contributed by atoms with Gasteiger partial charge in [-0.1, -0.05) is 32.4 Å². The molecule has 14 heavy (non-hydrogen) atoms. The molecule has 0 aromatic rings. The molecule has 0 saturated carbocycles. The van der Waals surface area contributed by atoms with Gasteiger partial charge in [-0.2, -0.15) is 0 Å². The summed E-state index contributed by atoms with van der Waals surface area (Å²) in [7, 11) is 0. The topological polar surface area (TPSA) is 40.5 Å². The summed E-state index contributed by atoms with van der Waals surface area (Å²) in [6.07, 6.45) is 6.56. The Labute approximate surface area is 87.7 Å². The van der Waals surface area contributed by atoms with Gasteiger partial charge in [0.15, 0.2) is 0 Å². The summed E-state index contributed by atoms with van der Waals surface area (Å²) >= 11 is 0. The summed E-state index contributed by atoms with van der Waals surface area (Å²) in [6.45, 7) is 7.58. The first kappa shape index (κ1) is 13.7. The molecule has 0 aliphatic heterocycles. The third kappa shape index (κ3) is 4.25. The number of aliphatic hydroxyl groups excluding tert-OH is 1. The van der Waals surface area contributed by atoms with E-state index in [0.717, 1.165) is 12.8 Å². The number of allylic oxidation sites excluding steroid dienone is 1. The highest BCUT2D eigenvalue weighted by molar-refractivity contribution is 4.95. The lowest BCUT2D eigenvalue weighted by Gasteiger charge is -2.31. The van der Waals surface area contributed by atoms with Gasteiger partial charge in [0, 0.05) is 0 Å². The molecule has 0 aliphatic rings. The van der Waals surface area contributed by atoms with Crippen LogP contribution < -0.4 is 0 Å². The SMILES string of the molecule is [CH2]CC=CCC(O)(CCC)C(O)CC. The molecule has 83 valence electrons. The van der Waals surface area contributed by atoms with Gasteiger partial charge in [0.2, 0.25) is 0 Å². The lowest BCUT2D eigenvalue weighted by Crippen LogP contribution is -2.41. The number of hydrogen-bond donors (Lipinski definition) is 2. The van der Waals surface area contributed by atoms with E-state index in [1.807, 2.05) is 26.0 Å². The van der Waals surface area contributed by atoms with Gasteiger partial charge in [0.25, 0.3) is 0 Å². The van der Waals surface area contributed by atoms with Gasteiger partial charge < -0.3 is 10.2 Å². The largest absolute Gasteiger partial charge is 0.390 e. The van der Waals surface area contributed by atoms with E-state index < -0.39 is 11.7 Å². The quantitative estimate of drug-likeness (QED) is 0.618. The maximum absolute atomic E-state index is 10.2. The fourth-order valence-electron chi connectivity index (χ4n) is 1.62. The zero-order valence-electron chi connectivity index (χ0n) is 9.37. The van der Waals surface area contributed by atoms with Crippen molar-refractivity contribution in [3.8, 4) is 0 Å². The monoisotopic (exact) mass is 199 g/mol. The highest BCUT2D eigenvalue weighted by Crippen LogP contribution is 2.24. The van der Waals surface area contributed by atoms with Crippen LogP contribution in [0.15, 0.2) is 12.2 Å². The maximum atomic E-state index is 10.2. The van der Waals surface area contributed by atoms with E-state index in [-0.39, 0.29) is 0 Å². The Hall–Kier alpha value is -0.340. The standard InChI is InChI=1S/C12H23O2/c1-4-7-8-10-12(14,9-5-2)11(13)6-3/h7-8,11,13-14H,1,4-6,9-10H2,2-3H3. The van der Waals surface area contributed by atoms with E-state index in [9.17, 15) is 10.2 Å². The van der Waals surface area contributed by atoms with Gasteiger partial charge >= 0.3 is 0 Å². The third-order valence-corrected chi connectivity index (χ3v) is 2.49. The summed E-state index contributed by atoms with van der Waals surface area (Å²) in [6, 6.07) is 0. The van der Waals surface area contributed by atoms with Crippen LogP contribution in [0, 0.1) is 6.92 Å². The normalized spacial score (nSPS) is 18.4. The molecular weight excluding hydrogens is 176 g/mol. The van der Waals surface area contributed by atoms with Crippen molar-refractivity contribution in [2.24, 2.45) is 0 Å². The van der Waals surface area contributed by atoms with Crippen LogP contribution in [-0.2, 0) is 0 Å². The Bertz CT molecular complexity index is 166. The summed E-state index contributed by atoms with van der Waals surface area (Å²) < 4.78 is 0. The molecular formula is C12H23O2. The van der Waals surface area contributed by atoms with Crippen molar-refractivity contribution in [1.82, 2.24) is 0 Å². The third-order valence-electron chi connectivity index (χ3n) is 2.49. The molecule has 2 unspecified atom stereocenters. The molecule has 0 aromatic carbocycles. The van der Waals surface area contributed by atoms with Crippen LogP contribution in [0.2, 0.25) is 0 Å². The predicted octanol–water partition coefficient (Wildman–Crippen LogP) is 2.46. The Morgan fingerprint density at radius 2 is 2.00 bits per heavy atom. The highest BCUT2D eigenvalue weighted by atomic mass is 16.3. The van der Waals surface area contributed by atoms with Gasteiger partial charge in [-0.25, -0.2) is 0 Å². The molecule has 0 aromatic heterocycles. The van der Waals surface area contributed by atoms with E-state index >= 15 is 0 Å². The Morgan fingerprint density at radius 3 is 2.43 bits per heavy atom. The molecule has 2 nitrogen and oxygen atoms in total. The van der Waals surface area contributed by atoms with Gasteiger partial charge in [-0.3, -0.25) is 0 Å². The van der Waals surface area contributed by atoms with Crippen molar-refractivity contribution in [2.75, 3.05) is 0 Å². The maximum Gasteiger partial charge on any atom is 0.0939 e. The number of hydrogen-bond acceptors (Lipinski definition) is 2. The van der Waals surface area contributed by atoms with E-state index in [1.165, 1.54) is 0 Å². The van der Waals surface area contributed by atoms with Crippen molar-refractivity contribution in [2.45, 2.75) is 57.7 Å². The Morgan fingerprint density at radius 1 is 1.36 bits per heavy atom. The van der Waals surface area contributed by atoms with Crippen LogP contribution in [0.25, 0.3) is 0 Å². The van der Waals surface area contributed by atoms with Crippen LogP contribution in [0.4, 0.5) is 0 Å². The molecule has 0 bridgehead atoms. The number of rotatable bonds is 7. The number of aliphatic hydroxyl groups is 2. The van der Waals surface area contributed by atoms with Crippen molar-refractivity contribution in [1.29, 1.82) is 0 Å². The first-order chi connectivity index (χ1) is 6.60. The highest BCUT2D eigenvalue weighted by Gasteiger charge is 2.31. The lowest BCUT2D eigenvalue weighted by molar-refractivity contribution is -0.0796. The summed E-state index contributed by atoms with van der Waals surface area (Å²) in [5.74, 6) is 0. The first-order valence-electron chi connectivity index (χ1n) is 5.45. The van der Waals surface area contributed by atoms with E-state index in [2.05, 4.69) is 6.92 Å². The summed E-state index contributed by atoms with van der Waals surface area (Å²) in [5.41, 5.74) is -0.949. The minimum atomic E-state index is -0.949. The van der Waals surface area contributed by atoms with Crippen molar-refractivity contribution in [3.05, 3.63) is 19.1 Å².